The van der Waals surface area contributed by atoms with E-state index < -0.39 is 4.92 Å². The summed E-state index contributed by atoms with van der Waals surface area (Å²) in [5.41, 5.74) is 2.02. The van der Waals surface area contributed by atoms with Gasteiger partial charge in [0.2, 0.25) is 0 Å². The van der Waals surface area contributed by atoms with Crippen LogP contribution in [0.15, 0.2) is 41.6 Å². The minimum atomic E-state index is -0.546. The van der Waals surface area contributed by atoms with Crippen LogP contribution in [0.5, 0.6) is 0 Å². The Morgan fingerprint density at radius 1 is 1.00 bits per heavy atom. The topological polar surface area (TPSA) is 113 Å². The van der Waals surface area contributed by atoms with E-state index in [0.717, 1.165) is 0 Å². The van der Waals surface area contributed by atoms with Crippen LogP contribution >= 0.6 is 0 Å². The van der Waals surface area contributed by atoms with Gasteiger partial charge in [0.1, 0.15) is 5.69 Å². The molecule has 0 aromatic heterocycles. The number of non-ortho nitro benzene ring substituents is 1. The number of aliphatic hydroxyl groups is 2. The molecule has 0 amide bonds. The number of nitro benzene ring substituents is 1. The van der Waals surface area contributed by atoms with E-state index >= 15 is 0 Å². The summed E-state index contributed by atoms with van der Waals surface area (Å²) in [6.07, 6.45) is 0. The van der Waals surface area contributed by atoms with Gasteiger partial charge in [-0.1, -0.05) is 6.07 Å². The zero-order valence-corrected chi connectivity index (χ0v) is 10.9. The molecular formula is C14H12N2O5. The van der Waals surface area contributed by atoms with Crippen molar-refractivity contribution in [2.45, 2.75) is 13.2 Å². The SMILES string of the molecule is O=Nc1ccc(-c2ccc([N+](=O)[O-])cc2CO)c(CO)c1. The van der Waals surface area contributed by atoms with Crippen LogP contribution in [0.2, 0.25) is 0 Å². The summed E-state index contributed by atoms with van der Waals surface area (Å²) < 4.78 is 0. The van der Waals surface area contributed by atoms with Crippen LogP contribution in [-0.2, 0) is 13.2 Å². The summed E-state index contributed by atoms with van der Waals surface area (Å²) in [6, 6.07) is 8.60. The van der Waals surface area contributed by atoms with Crippen molar-refractivity contribution in [3.8, 4) is 11.1 Å². The third kappa shape index (κ3) is 2.93. The molecule has 0 aliphatic rings. The molecule has 2 N–H and O–H groups in total. The zero-order valence-electron chi connectivity index (χ0n) is 10.9. The quantitative estimate of drug-likeness (QED) is 0.499. The third-order valence-corrected chi connectivity index (χ3v) is 3.12. The summed E-state index contributed by atoms with van der Waals surface area (Å²) in [7, 11) is 0. The van der Waals surface area contributed by atoms with Crippen molar-refractivity contribution >= 4 is 11.4 Å². The summed E-state index contributed by atoms with van der Waals surface area (Å²) in [5, 5.41) is 32.3. The summed E-state index contributed by atoms with van der Waals surface area (Å²) >= 11 is 0. The van der Waals surface area contributed by atoms with Crippen LogP contribution in [-0.4, -0.2) is 15.1 Å². The first-order chi connectivity index (χ1) is 10.1. The molecule has 2 aromatic carbocycles. The minimum Gasteiger partial charge on any atom is -0.392 e. The Labute approximate surface area is 119 Å². The predicted molar refractivity (Wildman–Crippen MR) is 75.8 cm³/mol. The average Bonchev–Trinajstić information content (AvgIpc) is 2.53. The Kier molecular flexibility index (Phi) is 4.36. The lowest BCUT2D eigenvalue weighted by Crippen LogP contribution is -1.96. The van der Waals surface area contributed by atoms with E-state index in [-0.39, 0.29) is 24.6 Å². The third-order valence-electron chi connectivity index (χ3n) is 3.12. The second kappa shape index (κ2) is 6.21. The molecule has 21 heavy (non-hydrogen) atoms. The minimum absolute atomic E-state index is 0.125. The van der Waals surface area contributed by atoms with Crippen molar-refractivity contribution in [1.29, 1.82) is 0 Å². The fourth-order valence-electron chi connectivity index (χ4n) is 2.12. The molecule has 2 aromatic rings. The maximum atomic E-state index is 10.8. The molecule has 0 bridgehead atoms. The molecule has 0 fully saturated rings. The number of rotatable bonds is 5. The number of benzene rings is 2. The Morgan fingerprint density at radius 2 is 1.57 bits per heavy atom. The Balaban J connectivity index is 2.60. The van der Waals surface area contributed by atoms with Gasteiger partial charge in [-0.15, -0.1) is 4.91 Å². The number of nitro groups is 1. The van der Waals surface area contributed by atoms with Crippen molar-refractivity contribution < 1.29 is 15.1 Å². The van der Waals surface area contributed by atoms with Gasteiger partial charge >= 0.3 is 0 Å². The van der Waals surface area contributed by atoms with Crippen LogP contribution in [0.1, 0.15) is 11.1 Å². The average molecular weight is 288 g/mol. The lowest BCUT2D eigenvalue weighted by Gasteiger charge is -2.11. The van der Waals surface area contributed by atoms with Gasteiger partial charge in [0, 0.05) is 12.1 Å². The largest absolute Gasteiger partial charge is 0.392 e. The van der Waals surface area contributed by atoms with Gasteiger partial charge in [0.15, 0.2) is 0 Å². The van der Waals surface area contributed by atoms with Gasteiger partial charge in [-0.25, -0.2) is 0 Å². The van der Waals surface area contributed by atoms with Gasteiger partial charge in [-0.2, -0.15) is 0 Å². The van der Waals surface area contributed by atoms with Gasteiger partial charge in [-0.3, -0.25) is 10.1 Å². The second-order valence-corrected chi connectivity index (χ2v) is 4.35. The van der Waals surface area contributed by atoms with Crippen molar-refractivity contribution in [3.05, 3.63) is 62.5 Å². The second-order valence-electron chi connectivity index (χ2n) is 4.35. The first-order valence-corrected chi connectivity index (χ1v) is 6.06. The number of nitroso groups, excluding NO2 is 1. The van der Waals surface area contributed by atoms with Gasteiger partial charge in [-0.05, 0) is 45.6 Å². The van der Waals surface area contributed by atoms with Crippen LogP contribution in [0.4, 0.5) is 11.4 Å². The van der Waals surface area contributed by atoms with Crippen molar-refractivity contribution in [2.24, 2.45) is 5.18 Å². The Hall–Kier alpha value is -2.64. The molecular weight excluding hydrogens is 276 g/mol. The summed E-state index contributed by atoms with van der Waals surface area (Å²) in [4.78, 5) is 20.7. The highest BCUT2D eigenvalue weighted by atomic mass is 16.6. The molecule has 0 heterocycles. The fourth-order valence-corrected chi connectivity index (χ4v) is 2.12. The zero-order chi connectivity index (χ0) is 15.4. The highest BCUT2D eigenvalue weighted by molar-refractivity contribution is 5.73. The van der Waals surface area contributed by atoms with E-state index in [1.165, 1.54) is 30.3 Å². The van der Waals surface area contributed by atoms with E-state index in [1.807, 2.05) is 0 Å². The Bertz CT molecular complexity index is 700. The highest BCUT2D eigenvalue weighted by Crippen LogP contribution is 2.32. The maximum absolute atomic E-state index is 10.8. The first-order valence-electron chi connectivity index (χ1n) is 6.06. The van der Waals surface area contributed by atoms with Crippen molar-refractivity contribution in [2.75, 3.05) is 0 Å². The first kappa shape index (κ1) is 14.8. The number of nitrogens with zero attached hydrogens (tertiary/aromatic N) is 2. The monoisotopic (exact) mass is 288 g/mol. The van der Waals surface area contributed by atoms with Crippen LogP contribution in [0.25, 0.3) is 11.1 Å². The van der Waals surface area contributed by atoms with Gasteiger partial charge in [0.05, 0.1) is 18.1 Å². The summed E-state index contributed by atoms with van der Waals surface area (Å²) in [6.45, 7) is -0.698. The van der Waals surface area contributed by atoms with Crippen LogP contribution in [0.3, 0.4) is 0 Å². The summed E-state index contributed by atoms with van der Waals surface area (Å²) in [5.74, 6) is 0. The van der Waals surface area contributed by atoms with Crippen molar-refractivity contribution in [1.82, 2.24) is 0 Å². The molecule has 7 nitrogen and oxygen atoms in total. The van der Waals surface area contributed by atoms with E-state index in [0.29, 0.717) is 22.3 Å². The Morgan fingerprint density at radius 3 is 2.10 bits per heavy atom. The van der Waals surface area contributed by atoms with Crippen LogP contribution < -0.4 is 0 Å². The standard InChI is InChI=1S/C14H12N2O5/c17-7-9-5-11(15-19)1-3-13(9)14-4-2-12(16(20)21)6-10(14)8-18/h1-6,17-18H,7-8H2. The molecule has 0 saturated heterocycles. The number of aliphatic hydroxyl groups excluding tert-OH is 2. The molecule has 0 unspecified atom stereocenters. The molecule has 0 aliphatic carbocycles. The van der Waals surface area contributed by atoms with Gasteiger partial charge in [0.25, 0.3) is 5.69 Å². The molecule has 2 rings (SSSR count). The number of hydrogen-bond acceptors (Lipinski definition) is 6. The smallest absolute Gasteiger partial charge is 0.269 e. The molecule has 0 radical (unpaired) electrons. The molecule has 0 spiro atoms. The van der Waals surface area contributed by atoms with E-state index in [4.69, 9.17) is 0 Å². The van der Waals surface area contributed by atoms with Crippen LogP contribution in [0, 0.1) is 15.0 Å². The maximum Gasteiger partial charge on any atom is 0.269 e. The molecule has 0 atom stereocenters. The molecule has 0 saturated carbocycles. The van der Waals surface area contributed by atoms with Crippen molar-refractivity contribution in [3.63, 3.8) is 0 Å². The van der Waals surface area contributed by atoms with E-state index in [2.05, 4.69) is 5.18 Å². The number of hydrogen-bond donors (Lipinski definition) is 2. The molecule has 7 heteroatoms. The highest BCUT2D eigenvalue weighted by Gasteiger charge is 2.14. The fraction of sp³-hybridized carbons (Fsp3) is 0.143. The lowest BCUT2D eigenvalue weighted by atomic mass is 9.95. The lowest BCUT2D eigenvalue weighted by molar-refractivity contribution is -0.384. The predicted octanol–water partition coefficient (Wildman–Crippen LogP) is 2.64. The molecule has 108 valence electrons. The van der Waals surface area contributed by atoms with E-state index in [9.17, 15) is 25.2 Å². The normalized spacial score (nSPS) is 10.4. The van der Waals surface area contributed by atoms with E-state index in [1.54, 1.807) is 6.07 Å². The van der Waals surface area contributed by atoms with Gasteiger partial charge < -0.3 is 10.2 Å². The molecule has 0 aliphatic heterocycles.